The first kappa shape index (κ1) is 14.5. The van der Waals surface area contributed by atoms with Crippen LogP contribution in [-0.2, 0) is 9.59 Å². The second-order valence-corrected chi connectivity index (χ2v) is 6.97. The van der Waals surface area contributed by atoms with E-state index in [1.165, 1.54) is 0 Å². The van der Waals surface area contributed by atoms with Crippen LogP contribution in [0.3, 0.4) is 0 Å². The van der Waals surface area contributed by atoms with E-state index in [1.807, 2.05) is 30.3 Å². The van der Waals surface area contributed by atoms with Gasteiger partial charge in [0.25, 0.3) is 0 Å². The summed E-state index contributed by atoms with van der Waals surface area (Å²) in [4.78, 5) is 25.3. The summed E-state index contributed by atoms with van der Waals surface area (Å²) in [5, 5.41) is 9.23. The van der Waals surface area contributed by atoms with Gasteiger partial charge in [-0.05, 0) is 0 Å². The zero-order valence-corrected chi connectivity index (χ0v) is 14.5. The predicted octanol–water partition coefficient (Wildman–Crippen LogP) is 1.36. The Morgan fingerprint density at radius 3 is 2.58 bits per heavy atom. The number of hydrogen-bond donors (Lipinski definition) is 1. The number of carbonyl (C=O) groups excluding carboxylic acids is 1. The average Bonchev–Trinajstić information content (AvgIpc) is 2.46. The number of carbonyl (C=O) groups is 2. The van der Waals surface area contributed by atoms with E-state index in [4.69, 9.17) is 0 Å². The molecule has 1 saturated heterocycles. The molecule has 0 aromatic heterocycles. The van der Waals surface area contributed by atoms with Crippen molar-refractivity contribution in [2.24, 2.45) is 0 Å². The van der Waals surface area contributed by atoms with Crippen LogP contribution in [0.25, 0.3) is 0 Å². The third kappa shape index (κ3) is 3.35. The average molecular weight is 453 g/mol. The summed E-state index contributed by atoms with van der Waals surface area (Å²) in [5.41, 5.74) is 0.994. The summed E-state index contributed by atoms with van der Waals surface area (Å²) in [6.45, 7) is 0.571. The predicted molar refractivity (Wildman–Crippen MR) is 71.9 cm³/mol. The molecule has 2 rings (SSSR count). The molecule has 2 atom stereocenters. The van der Waals surface area contributed by atoms with Crippen LogP contribution in [0.4, 0.5) is 0 Å². The molecule has 0 aliphatic carbocycles. The molecule has 1 fully saturated rings. The molecule has 1 aromatic rings. The zero-order valence-electron chi connectivity index (χ0n) is 10.6. The second-order valence-electron chi connectivity index (χ2n) is 4.73. The Hall–Kier alpha value is -0.918. The number of likely N-dealkylation sites (tertiary alicyclic amines) is 1. The summed E-state index contributed by atoms with van der Waals surface area (Å²) >= 11 is 0.697. The molecule has 1 aliphatic heterocycles. The maximum absolute atomic E-state index is 12.5. The Kier molecular flexibility index (Phi) is 4.95. The van der Waals surface area contributed by atoms with Gasteiger partial charge < -0.3 is 0 Å². The van der Waals surface area contributed by atoms with Crippen molar-refractivity contribution in [1.29, 1.82) is 0 Å². The molecule has 0 bridgehead atoms. The van der Waals surface area contributed by atoms with Crippen molar-refractivity contribution < 1.29 is 14.7 Å². The van der Waals surface area contributed by atoms with Gasteiger partial charge in [-0.3, -0.25) is 0 Å². The zero-order chi connectivity index (χ0) is 13.8. The molecule has 2 unspecified atom stereocenters. The molecular weight excluding hydrogens is 437 g/mol. The summed E-state index contributed by atoms with van der Waals surface area (Å²) in [5.74, 6) is -0.903. The summed E-state index contributed by atoms with van der Waals surface area (Å²) in [6, 6.07) is 8.99. The van der Waals surface area contributed by atoms with Crippen LogP contribution in [0.15, 0.2) is 30.3 Å². The van der Waals surface area contributed by atoms with Crippen molar-refractivity contribution >= 4 is 37.6 Å². The standard InChI is InChI=1S/C14H16NO3.Pb/c16-13(10-11-6-2-1-3-7-11)15-9-5-4-8-12(15)14(17)18;/h1-3,6-7,10,12H,4-5,8-9H2,(H,17,18);. The number of benzene rings is 1. The Bertz CT molecular complexity index is 463. The van der Waals surface area contributed by atoms with Crippen LogP contribution in [0.1, 0.15) is 28.3 Å². The summed E-state index contributed by atoms with van der Waals surface area (Å²) in [7, 11) is 0. The Morgan fingerprint density at radius 1 is 1.26 bits per heavy atom. The van der Waals surface area contributed by atoms with Crippen molar-refractivity contribution in [3.8, 4) is 0 Å². The van der Waals surface area contributed by atoms with E-state index >= 15 is 0 Å². The van der Waals surface area contributed by atoms with Gasteiger partial charge >= 0.3 is 128 Å². The van der Waals surface area contributed by atoms with Crippen molar-refractivity contribution in [2.45, 2.75) is 28.8 Å². The van der Waals surface area contributed by atoms with Crippen molar-refractivity contribution in [1.82, 2.24) is 4.90 Å². The van der Waals surface area contributed by atoms with Crippen LogP contribution in [0, 0.1) is 0 Å². The maximum atomic E-state index is 12.5. The van der Waals surface area contributed by atoms with Gasteiger partial charge in [0, 0.05) is 0 Å². The number of amides is 1. The van der Waals surface area contributed by atoms with Crippen molar-refractivity contribution in [3.63, 3.8) is 0 Å². The third-order valence-electron chi connectivity index (χ3n) is 3.45. The molecular formula is C14H16NO3Pb. The van der Waals surface area contributed by atoms with Crippen molar-refractivity contribution in [3.05, 3.63) is 35.9 Å². The van der Waals surface area contributed by atoms with Gasteiger partial charge in [-0.2, -0.15) is 0 Å². The molecule has 3 radical (unpaired) electrons. The molecule has 19 heavy (non-hydrogen) atoms. The summed E-state index contributed by atoms with van der Waals surface area (Å²) < 4.78 is -0.152. The molecule has 1 N–H and O–H groups in total. The molecule has 1 heterocycles. The Balaban J connectivity index is 2.15. The van der Waals surface area contributed by atoms with E-state index in [-0.39, 0.29) is 9.38 Å². The number of hydrogen-bond acceptors (Lipinski definition) is 2. The number of aliphatic carboxylic acids is 1. The number of rotatable bonds is 3. The van der Waals surface area contributed by atoms with Crippen LogP contribution in [-0.4, -0.2) is 60.2 Å². The minimum atomic E-state index is -0.880. The van der Waals surface area contributed by atoms with Gasteiger partial charge in [-0.15, -0.1) is 0 Å². The topological polar surface area (TPSA) is 57.6 Å². The fraction of sp³-hybridized carbons (Fsp3) is 0.429. The van der Waals surface area contributed by atoms with Crippen LogP contribution >= 0.6 is 0 Å². The van der Waals surface area contributed by atoms with E-state index in [0.29, 0.717) is 38.7 Å². The van der Waals surface area contributed by atoms with Gasteiger partial charge in [0.15, 0.2) is 0 Å². The van der Waals surface area contributed by atoms with E-state index in [1.54, 1.807) is 4.90 Å². The molecule has 1 aliphatic rings. The molecule has 99 valence electrons. The first-order chi connectivity index (χ1) is 9.11. The van der Waals surface area contributed by atoms with Gasteiger partial charge in [-0.1, -0.05) is 0 Å². The molecule has 4 nitrogen and oxygen atoms in total. The first-order valence-corrected chi connectivity index (χ1v) is 8.65. The molecule has 1 aromatic carbocycles. The Morgan fingerprint density at radius 2 is 1.95 bits per heavy atom. The van der Waals surface area contributed by atoms with Crippen molar-refractivity contribution in [2.75, 3.05) is 6.54 Å². The third-order valence-corrected chi connectivity index (χ3v) is 5.71. The number of carboxylic acid groups (broad SMARTS) is 1. The quantitative estimate of drug-likeness (QED) is 0.704. The normalized spacial score (nSPS) is 20.9. The first-order valence-electron chi connectivity index (χ1n) is 6.40. The fourth-order valence-corrected chi connectivity index (χ4v) is 3.80. The number of nitrogens with zero attached hydrogens (tertiary/aromatic N) is 1. The van der Waals surface area contributed by atoms with E-state index < -0.39 is 12.0 Å². The number of piperidine rings is 1. The van der Waals surface area contributed by atoms with E-state index in [2.05, 4.69) is 0 Å². The molecule has 5 heteroatoms. The van der Waals surface area contributed by atoms with Crippen LogP contribution in [0.2, 0.25) is 0 Å². The van der Waals surface area contributed by atoms with Gasteiger partial charge in [0.2, 0.25) is 0 Å². The Labute approximate surface area is 128 Å². The second kappa shape index (κ2) is 6.49. The van der Waals surface area contributed by atoms with E-state index in [9.17, 15) is 14.7 Å². The van der Waals surface area contributed by atoms with E-state index in [0.717, 1.165) is 18.4 Å². The SMILES string of the molecule is O=C(O)C1CCCCN1C(=O)[CH]([Pb])c1ccccc1. The fourth-order valence-electron chi connectivity index (χ4n) is 2.41. The number of carboxylic acids is 1. The van der Waals surface area contributed by atoms with Crippen LogP contribution in [0.5, 0.6) is 0 Å². The molecule has 1 amide bonds. The van der Waals surface area contributed by atoms with Gasteiger partial charge in [0.05, 0.1) is 0 Å². The van der Waals surface area contributed by atoms with Crippen LogP contribution < -0.4 is 0 Å². The van der Waals surface area contributed by atoms with Gasteiger partial charge in [0.1, 0.15) is 0 Å². The van der Waals surface area contributed by atoms with Gasteiger partial charge in [-0.25, -0.2) is 0 Å². The molecule has 0 saturated carbocycles. The summed E-state index contributed by atoms with van der Waals surface area (Å²) in [6.07, 6.45) is 2.36. The minimum absolute atomic E-state index is 0.0232. The molecule has 0 spiro atoms. The monoisotopic (exact) mass is 454 g/mol.